The fourth-order valence-electron chi connectivity index (χ4n) is 2.82. The molecule has 1 amide bonds. The van der Waals surface area contributed by atoms with E-state index < -0.39 is 6.10 Å². The van der Waals surface area contributed by atoms with Crippen molar-refractivity contribution >= 4 is 34.2 Å². The molecule has 1 heterocycles. The third-order valence-electron chi connectivity index (χ3n) is 4.20. The van der Waals surface area contributed by atoms with Crippen molar-refractivity contribution in [1.29, 1.82) is 0 Å². The number of nitrogens with zero attached hydrogens (tertiary/aromatic N) is 1. The largest absolute Gasteiger partial charge is 0.481 e. The number of amides is 1. The van der Waals surface area contributed by atoms with Gasteiger partial charge in [-0.2, -0.15) is 0 Å². The van der Waals surface area contributed by atoms with Gasteiger partial charge in [0, 0.05) is 17.6 Å². The first kappa shape index (κ1) is 20.3. The highest BCUT2D eigenvalue weighted by Crippen LogP contribution is 2.22. The second-order valence-electron chi connectivity index (χ2n) is 5.87. The molecule has 1 unspecified atom stereocenters. The normalized spacial score (nSPS) is 16.6. The highest BCUT2D eigenvalue weighted by atomic mass is 79.9. The van der Waals surface area contributed by atoms with E-state index in [-0.39, 0.29) is 18.3 Å². The highest BCUT2D eigenvalue weighted by Gasteiger charge is 2.26. The van der Waals surface area contributed by atoms with Crippen molar-refractivity contribution in [1.82, 2.24) is 10.2 Å². The molecule has 1 aliphatic heterocycles. The standard InChI is InChI=1S/C17H25BrN2O2.ClH/c1-13(22-16-5-3-15(18)4-6-16)17(21)20-11-8-14(9-12-20)7-10-19-2;/h3-6,13-14,19H,7-12H2,1-2H3;1H. The SMILES string of the molecule is CNCCC1CCN(C(=O)C(C)Oc2ccc(Br)cc2)CC1.Cl. The number of piperidine rings is 1. The number of likely N-dealkylation sites (tertiary alicyclic amines) is 1. The van der Waals surface area contributed by atoms with E-state index in [2.05, 4.69) is 21.2 Å². The van der Waals surface area contributed by atoms with Gasteiger partial charge in [0.05, 0.1) is 0 Å². The van der Waals surface area contributed by atoms with E-state index in [1.807, 2.05) is 43.1 Å². The molecule has 1 atom stereocenters. The molecule has 1 N–H and O–H groups in total. The molecule has 6 heteroatoms. The third-order valence-corrected chi connectivity index (χ3v) is 4.73. The van der Waals surface area contributed by atoms with E-state index >= 15 is 0 Å². The summed E-state index contributed by atoms with van der Waals surface area (Å²) in [5, 5.41) is 3.19. The number of ether oxygens (including phenoxy) is 1. The van der Waals surface area contributed by atoms with Gasteiger partial charge in [-0.05, 0) is 70.0 Å². The maximum atomic E-state index is 12.5. The monoisotopic (exact) mass is 404 g/mol. The van der Waals surface area contributed by atoms with E-state index in [4.69, 9.17) is 4.74 Å². The van der Waals surface area contributed by atoms with Gasteiger partial charge in [0.2, 0.25) is 0 Å². The number of benzene rings is 1. The number of halogens is 2. The molecular formula is C17H26BrClN2O2. The van der Waals surface area contributed by atoms with Crippen molar-refractivity contribution in [2.75, 3.05) is 26.7 Å². The summed E-state index contributed by atoms with van der Waals surface area (Å²) in [4.78, 5) is 14.4. The Morgan fingerprint density at radius 1 is 1.35 bits per heavy atom. The summed E-state index contributed by atoms with van der Waals surface area (Å²) >= 11 is 3.39. The summed E-state index contributed by atoms with van der Waals surface area (Å²) in [7, 11) is 1.99. The Kier molecular flexibility index (Phi) is 8.95. The Labute approximate surface area is 153 Å². The van der Waals surface area contributed by atoms with Gasteiger partial charge in [-0.1, -0.05) is 15.9 Å². The summed E-state index contributed by atoms with van der Waals surface area (Å²) in [5.74, 6) is 1.56. The minimum absolute atomic E-state index is 0. The van der Waals surface area contributed by atoms with Crippen LogP contribution in [0, 0.1) is 5.92 Å². The van der Waals surface area contributed by atoms with E-state index in [1.165, 1.54) is 6.42 Å². The van der Waals surface area contributed by atoms with Crippen LogP contribution in [0.4, 0.5) is 0 Å². The van der Waals surface area contributed by atoms with Crippen molar-refractivity contribution in [3.8, 4) is 5.75 Å². The maximum Gasteiger partial charge on any atom is 0.263 e. The van der Waals surface area contributed by atoms with Gasteiger partial charge in [0.1, 0.15) is 5.75 Å². The zero-order valence-electron chi connectivity index (χ0n) is 13.8. The van der Waals surface area contributed by atoms with Crippen LogP contribution in [-0.2, 0) is 4.79 Å². The molecule has 0 saturated carbocycles. The molecule has 4 nitrogen and oxygen atoms in total. The molecule has 1 fully saturated rings. The van der Waals surface area contributed by atoms with Gasteiger partial charge in [0.15, 0.2) is 6.10 Å². The number of rotatable bonds is 6. The Balaban J connectivity index is 0.00000264. The van der Waals surface area contributed by atoms with Crippen LogP contribution in [0.25, 0.3) is 0 Å². The van der Waals surface area contributed by atoms with Crippen LogP contribution in [0.3, 0.4) is 0 Å². The minimum Gasteiger partial charge on any atom is -0.481 e. The summed E-state index contributed by atoms with van der Waals surface area (Å²) in [6, 6.07) is 7.58. The van der Waals surface area contributed by atoms with Crippen molar-refractivity contribution in [3.63, 3.8) is 0 Å². The lowest BCUT2D eigenvalue weighted by atomic mass is 9.93. The van der Waals surface area contributed by atoms with Gasteiger partial charge in [-0.3, -0.25) is 4.79 Å². The predicted octanol–water partition coefficient (Wildman–Crippen LogP) is 3.49. The first-order valence-electron chi connectivity index (χ1n) is 7.95. The van der Waals surface area contributed by atoms with Gasteiger partial charge in [-0.15, -0.1) is 12.4 Å². The van der Waals surface area contributed by atoms with Crippen LogP contribution in [-0.4, -0.2) is 43.6 Å². The number of nitrogens with one attached hydrogen (secondary N) is 1. The maximum absolute atomic E-state index is 12.5. The minimum atomic E-state index is -0.435. The summed E-state index contributed by atoms with van der Waals surface area (Å²) in [6.45, 7) is 4.58. The number of carbonyl (C=O) groups is 1. The average Bonchev–Trinajstić information content (AvgIpc) is 2.55. The number of carbonyl (C=O) groups excluding carboxylic acids is 1. The Morgan fingerprint density at radius 2 is 1.96 bits per heavy atom. The van der Waals surface area contributed by atoms with Gasteiger partial charge in [0.25, 0.3) is 5.91 Å². The van der Waals surface area contributed by atoms with E-state index in [0.717, 1.165) is 48.6 Å². The average molecular weight is 406 g/mol. The fourth-order valence-corrected chi connectivity index (χ4v) is 3.08. The summed E-state index contributed by atoms with van der Waals surface area (Å²) < 4.78 is 6.76. The summed E-state index contributed by atoms with van der Waals surface area (Å²) in [6.07, 6.45) is 2.95. The van der Waals surface area contributed by atoms with Crippen molar-refractivity contribution < 1.29 is 9.53 Å². The Bertz CT molecular complexity index is 476. The van der Waals surface area contributed by atoms with Crippen LogP contribution >= 0.6 is 28.3 Å². The topological polar surface area (TPSA) is 41.6 Å². The first-order valence-corrected chi connectivity index (χ1v) is 8.75. The molecular weight excluding hydrogens is 380 g/mol. The zero-order chi connectivity index (χ0) is 15.9. The van der Waals surface area contributed by atoms with Crippen molar-refractivity contribution in [2.45, 2.75) is 32.3 Å². The van der Waals surface area contributed by atoms with Crippen molar-refractivity contribution in [2.24, 2.45) is 5.92 Å². The van der Waals surface area contributed by atoms with Gasteiger partial charge < -0.3 is 15.0 Å². The lowest BCUT2D eigenvalue weighted by molar-refractivity contribution is -0.139. The molecule has 0 aliphatic carbocycles. The van der Waals surface area contributed by atoms with Crippen LogP contribution in [0.2, 0.25) is 0 Å². The Hall–Kier alpha value is -0.780. The van der Waals surface area contributed by atoms with Gasteiger partial charge >= 0.3 is 0 Å². The first-order chi connectivity index (χ1) is 10.6. The summed E-state index contributed by atoms with van der Waals surface area (Å²) in [5.41, 5.74) is 0. The second kappa shape index (κ2) is 10.2. The molecule has 0 aromatic heterocycles. The second-order valence-corrected chi connectivity index (χ2v) is 6.79. The van der Waals surface area contributed by atoms with E-state index in [1.54, 1.807) is 0 Å². The predicted molar refractivity (Wildman–Crippen MR) is 99.3 cm³/mol. The molecule has 1 aromatic rings. The van der Waals surface area contributed by atoms with Crippen LogP contribution in [0.1, 0.15) is 26.2 Å². The molecule has 0 spiro atoms. The lowest BCUT2D eigenvalue weighted by Crippen LogP contribution is -2.45. The smallest absolute Gasteiger partial charge is 0.263 e. The molecule has 1 saturated heterocycles. The molecule has 130 valence electrons. The van der Waals surface area contributed by atoms with Gasteiger partial charge in [-0.25, -0.2) is 0 Å². The van der Waals surface area contributed by atoms with Crippen LogP contribution < -0.4 is 10.1 Å². The number of hydrogen-bond acceptors (Lipinski definition) is 3. The lowest BCUT2D eigenvalue weighted by Gasteiger charge is -2.33. The van der Waals surface area contributed by atoms with Crippen LogP contribution in [0.5, 0.6) is 5.75 Å². The fraction of sp³-hybridized carbons (Fsp3) is 0.588. The van der Waals surface area contributed by atoms with Crippen molar-refractivity contribution in [3.05, 3.63) is 28.7 Å². The molecule has 0 bridgehead atoms. The Morgan fingerprint density at radius 3 is 2.52 bits per heavy atom. The van der Waals surface area contributed by atoms with Crippen LogP contribution in [0.15, 0.2) is 28.7 Å². The highest BCUT2D eigenvalue weighted by molar-refractivity contribution is 9.10. The molecule has 1 aromatic carbocycles. The molecule has 23 heavy (non-hydrogen) atoms. The van der Waals surface area contributed by atoms with E-state index in [9.17, 15) is 4.79 Å². The number of hydrogen-bond donors (Lipinski definition) is 1. The molecule has 0 radical (unpaired) electrons. The molecule has 2 rings (SSSR count). The quantitative estimate of drug-likeness (QED) is 0.788. The third kappa shape index (κ3) is 6.32. The zero-order valence-corrected chi connectivity index (χ0v) is 16.2. The van der Waals surface area contributed by atoms with E-state index in [0.29, 0.717) is 0 Å². The molecule has 1 aliphatic rings.